The van der Waals surface area contributed by atoms with Crippen LogP contribution in [-0.4, -0.2) is 24.7 Å². The highest BCUT2D eigenvalue weighted by Crippen LogP contribution is 2.44. The molecule has 116 valence electrons. The largest absolute Gasteiger partial charge is 0.486 e. The minimum absolute atomic E-state index is 0.161. The fraction of sp³-hybridized carbons (Fsp3) is 0.333. The number of benzene rings is 1. The average Bonchev–Trinajstić information content (AvgIpc) is 3.10. The van der Waals surface area contributed by atoms with Gasteiger partial charge in [0.25, 0.3) is 0 Å². The molecule has 0 N–H and O–H groups in total. The van der Waals surface area contributed by atoms with Crippen LogP contribution in [0.5, 0.6) is 11.5 Å². The van der Waals surface area contributed by atoms with E-state index in [-0.39, 0.29) is 6.04 Å². The number of hydrogen-bond donors (Lipinski definition) is 0. The van der Waals surface area contributed by atoms with Crippen LogP contribution >= 0.6 is 0 Å². The van der Waals surface area contributed by atoms with E-state index in [2.05, 4.69) is 22.0 Å². The molecule has 0 radical (unpaired) electrons. The Hall–Kier alpha value is -2.74. The van der Waals surface area contributed by atoms with E-state index in [9.17, 15) is 5.26 Å². The molecule has 3 heterocycles. The van der Waals surface area contributed by atoms with Gasteiger partial charge in [0.05, 0.1) is 11.6 Å². The van der Waals surface area contributed by atoms with E-state index >= 15 is 0 Å². The monoisotopic (exact) mass is 307 g/mol. The van der Waals surface area contributed by atoms with Gasteiger partial charge >= 0.3 is 0 Å². The van der Waals surface area contributed by atoms with Crippen LogP contribution in [0.2, 0.25) is 0 Å². The lowest BCUT2D eigenvalue weighted by Crippen LogP contribution is -2.26. The van der Waals surface area contributed by atoms with Gasteiger partial charge in [-0.15, -0.1) is 0 Å². The summed E-state index contributed by atoms with van der Waals surface area (Å²) >= 11 is 0. The van der Waals surface area contributed by atoms with E-state index in [1.54, 1.807) is 12.3 Å². The highest BCUT2D eigenvalue weighted by molar-refractivity contribution is 5.58. The maximum absolute atomic E-state index is 9.37. The number of ether oxygens (including phenoxy) is 2. The first-order valence-corrected chi connectivity index (χ1v) is 7.89. The lowest BCUT2D eigenvalue weighted by molar-refractivity contribution is 0.169. The van der Waals surface area contributed by atoms with Gasteiger partial charge in [-0.3, -0.25) is 0 Å². The second kappa shape index (κ2) is 5.81. The Labute approximate surface area is 135 Å². The summed E-state index contributed by atoms with van der Waals surface area (Å²) in [6, 6.07) is 12.1. The maximum atomic E-state index is 9.37. The van der Waals surface area contributed by atoms with E-state index in [1.165, 1.54) is 0 Å². The van der Waals surface area contributed by atoms with Gasteiger partial charge in [-0.1, -0.05) is 12.1 Å². The summed E-state index contributed by atoms with van der Waals surface area (Å²) < 4.78 is 11.6. The number of anilines is 1. The Morgan fingerprint density at radius 1 is 1.17 bits per heavy atom. The Bertz CT molecular complexity index is 769. The van der Waals surface area contributed by atoms with Crippen LogP contribution in [0.1, 0.15) is 30.0 Å². The van der Waals surface area contributed by atoms with Crippen LogP contribution in [0.3, 0.4) is 0 Å². The summed E-state index contributed by atoms with van der Waals surface area (Å²) in [5.41, 5.74) is 1.73. The summed E-state index contributed by atoms with van der Waals surface area (Å²) in [6.45, 7) is 2.05. The first kappa shape index (κ1) is 13.9. The Morgan fingerprint density at radius 2 is 2.09 bits per heavy atom. The van der Waals surface area contributed by atoms with E-state index in [4.69, 9.17) is 9.47 Å². The zero-order valence-electron chi connectivity index (χ0n) is 12.7. The zero-order chi connectivity index (χ0) is 15.6. The molecule has 0 saturated carbocycles. The predicted molar refractivity (Wildman–Crippen MR) is 85.7 cm³/mol. The highest BCUT2D eigenvalue weighted by Gasteiger charge is 2.32. The number of fused-ring (bicyclic) bond motifs is 1. The molecule has 1 fully saturated rings. The molecule has 1 unspecified atom stereocenters. The maximum Gasteiger partial charge on any atom is 0.166 e. The van der Waals surface area contributed by atoms with Crippen molar-refractivity contribution in [1.82, 2.24) is 4.98 Å². The molecule has 2 aliphatic rings. The molecule has 23 heavy (non-hydrogen) atoms. The Balaban J connectivity index is 1.76. The lowest BCUT2D eigenvalue weighted by atomic mass is 10.0. The van der Waals surface area contributed by atoms with Crippen molar-refractivity contribution in [3.8, 4) is 17.6 Å². The van der Waals surface area contributed by atoms with E-state index in [0.29, 0.717) is 18.8 Å². The number of aromatic nitrogens is 1. The van der Waals surface area contributed by atoms with Crippen molar-refractivity contribution in [3.63, 3.8) is 0 Å². The first-order valence-electron chi connectivity index (χ1n) is 7.89. The molecule has 1 atom stereocenters. The summed E-state index contributed by atoms with van der Waals surface area (Å²) in [4.78, 5) is 6.67. The standard InChI is InChI=1S/C18H17N3O2/c19-12-13-4-2-8-20-18(13)21-9-3-6-15(21)14-5-1-7-16-17(14)23-11-10-22-16/h1-2,4-5,7-8,15H,3,6,9-11H2. The molecular weight excluding hydrogens is 290 g/mol. The van der Waals surface area contributed by atoms with Gasteiger partial charge in [0, 0.05) is 18.3 Å². The number of nitriles is 1. The summed E-state index contributed by atoms with van der Waals surface area (Å²) in [7, 11) is 0. The van der Waals surface area contributed by atoms with Crippen LogP contribution in [0.25, 0.3) is 0 Å². The molecule has 1 aromatic carbocycles. The molecule has 1 saturated heterocycles. The van der Waals surface area contributed by atoms with Gasteiger partial charge in [0.2, 0.25) is 0 Å². The summed E-state index contributed by atoms with van der Waals surface area (Å²) in [5.74, 6) is 2.40. The van der Waals surface area contributed by atoms with Gasteiger partial charge in [-0.2, -0.15) is 5.26 Å². The molecule has 0 spiro atoms. The van der Waals surface area contributed by atoms with Crippen molar-refractivity contribution in [1.29, 1.82) is 5.26 Å². The number of para-hydroxylation sites is 1. The van der Waals surface area contributed by atoms with E-state index in [1.807, 2.05) is 18.2 Å². The lowest BCUT2D eigenvalue weighted by Gasteiger charge is -2.30. The van der Waals surface area contributed by atoms with Crippen LogP contribution in [0.4, 0.5) is 5.82 Å². The third kappa shape index (κ3) is 2.36. The quantitative estimate of drug-likeness (QED) is 0.853. The third-order valence-corrected chi connectivity index (χ3v) is 4.39. The Morgan fingerprint density at radius 3 is 3.00 bits per heavy atom. The molecule has 5 heteroatoms. The van der Waals surface area contributed by atoms with Crippen LogP contribution < -0.4 is 14.4 Å². The fourth-order valence-corrected chi connectivity index (χ4v) is 3.42. The number of nitrogens with zero attached hydrogens (tertiary/aromatic N) is 3. The van der Waals surface area contributed by atoms with E-state index < -0.39 is 0 Å². The zero-order valence-corrected chi connectivity index (χ0v) is 12.7. The second-order valence-electron chi connectivity index (χ2n) is 5.71. The molecule has 0 aliphatic carbocycles. The van der Waals surface area contributed by atoms with Gasteiger partial charge < -0.3 is 14.4 Å². The molecule has 0 amide bonds. The third-order valence-electron chi connectivity index (χ3n) is 4.39. The van der Waals surface area contributed by atoms with Gasteiger partial charge in [0.15, 0.2) is 11.5 Å². The number of pyridine rings is 1. The van der Waals surface area contributed by atoms with Gasteiger partial charge in [0.1, 0.15) is 25.1 Å². The SMILES string of the molecule is N#Cc1cccnc1N1CCCC1c1cccc2c1OCCO2. The average molecular weight is 307 g/mol. The molecule has 2 aromatic rings. The fourth-order valence-electron chi connectivity index (χ4n) is 3.42. The van der Waals surface area contributed by atoms with E-state index in [0.717, 1.165) is 42.3 Å². The molecule has 0 bridgehead atoms. The molecule has 4 rings (SSSR count). The van der Waals surface area contributed by atoms with Crippen molar-refractivity contribution in [2.45, 2.75) is 18.9 Å². The highest BCUT2D eigenvalue weighted by atomic mass is 16.6. The molecule has 1 aromatic heterocycles. The second-order valence-corrected chi connectivity index (χ2v) is 5.71. The van der Waals surface area contributed by atoms with Crippen LogP contribution in [0.15, 0.2) is 36.5 Å². The van der Waals surface area contributed by atoms with Gasteiger partial charge in [-0.25, -0.2) is 4.98 Å². The molecule has 2 aliphatic heterocycles. The predicted octanol–water partition coefficient (Wildman–Crippen LogP) is 3.07. The smallest absolute Gasteiger partial charge is 0.166 e. The summed E-state index contributed by atoms with van der Waals surface area (Å²) in [6.07, 6.45) is 3.82. The molecular formula is C18H17N3O2. The Kier molecular flexibility index (Phi) is 3.51. The topological polar surface area (TPSA) is 58.4 Å². The van der Waals surface area contributed by atoms with Crippen LogP contribution in [0, 0.1) is 11.3 Å². The van der Waals surface area contributed by atoms with Crippen molar-refractivity contribution in [3.05, 3.63) is 47.7 Å². The summed E-state index contributed by atoms with van der Waals surface area (Å²) in [5, 5.41) is 9.37. The number of rotatable bonds is 2. The number of hydrogen-bond acceptors (Lipinski definition) is 5. The van der Waals surface area contributed by atoms with Crippen molar-refractivity contribution < 1.29 is 9.47 Å². The van der Waals surface area contributed by atoms with Crippen molar-refractivity contribution in [2.24, 2.45) is 0 Å². The minimum Gasteiger partial charge on any atom is -0.486 e. The normalized spacial score (nSPS) is 19.4. The molecule has 5 nitrogen and oxygen atoms in total. The van der Waals surface area contributed by atoms with Crippen molar-refractivity contribution in [2.75, 3.05) is 24.7 Å². The van der Waals surface area contributed by atoms with Crippen molar-refractivity contribution >= 4 is 5.82 Å². The first-order chi connectivity index (χ1) is 11.4. The minimum atomic E-state index is 0.161. The van der Waals surface area contributed by atoms with Gasteiger partial charge in [-0.05, 0) is 31.0 Å². The van der Waals surface area contributed by atoms with Crippen LogP contribution in [-0.2, 0) is 0 Å².